The van der Waals surface area contributed by atoms with E-state index in [0.717, 1.165) is 11.1 Å². The summed E-state index contributed by atoms with van der Waals surface area (Å²) in [7, 11) is -3.14. The van der Waals surface area contributed by atoms with Crippen molar-refractivity contribution in [1.29, 1.82) is 0 Å². The predicted molar refractivity (Wildman–Crippen MR) is 73.3 cm³/mol. The van der Waals surface area contributed by atoms with E-state index in [9.17, 15) is 8.42 Å². The molecule has 1 aromatic rings. The van der Waals surface area contributed by atoms with E-state index in [4.69, 9.17) is 5.73 Å². The summed E-state index contributed by atoms with van der Waals surface area (Å²) < 4.78 is 25.9. The fourth-order valence-electron chi connectivity index (χ4n) is 2.09. The van der Waals surface area contributed by atoms with E-state index in [1.165, 1.54) is 0 Å². The molecule has 1 aromatic carbocycles. The molecule has 0 bridgehead atoms. The van der Waals surface area contributed by atoms with E-state index in [-0.39, 0.29) is 5.75 Å². The first kappa shape index (κ1) is 13.4. The molecule has 0 amide bonds. The zero-order valence-electron chi connectivity index (χ0n) is 10.9. The largest absolute Gasteiger partial charge is 0.399 e. The number of hydrogen-bond acceptors (Lipinski definition) is 3. The Morgan fingerprint density at radius 3 is 2.61 bits per heavy atom. The van der Waals surface area contributed by atoms with Crippen LogP contribution in [0.15, 0.2) is 18.2 Å². The van der Waals surface area contributed by atoms with Crippen molar-refractivity contribution in [3.8, 4) is 0 Å². The van der Waals surface area contributed by atoms with Gasteiger partial charge in [0.25, 0.3) is 0 Å². The Morgan fingerprint density at radius 1 is 1.28 bits per heavy atom. The normalized spacial score (nSPS) is 16.2. The summed E-state index contributed by atoms with van der Waals surface area (Å²) in [4.78, 5) is 0. The van der Waals surface area contributed by atoms with Gasteiger partial charge in [-0.2, -0.15) is 4.31 Å². The third-order valence-corrected chi connectivity index (χ3v) is 5.07. The Kier molecular flexibility index (Phi) is 3.64. The van der Waals surface area contributed by atoms with Gasteiger partial charge in [-0.25, -0.2) is 8.42 Å². The minimum absolute atomic E-state index is 0.230. The van der Waals surface area contributed by atoms with E-state index in [1.807, 2.05) is 32.0 Å². The molecule has 0 saturated heterocycles. The van der Waals surface area contributed by atoms with Crippen LogP contribution in [0, 0.1) is 5.92 Å². The van der Waals surface area contributed by atoms with Crippen molar-refractivity contribution in [2.45, 2.75) is 33.4 Å². The van der Waals surface area contributed by atoms with E-state index in [1.54, 1.807) is 4.31 Å². The molecule has 100 valence electrons. The van der Waals surface area contributed by atoms with E-state index in [0.29, 0.717) is 31.1 Å². The Bertz CT molecular complexity index is 538. The van der Waals surface area contributed by atoms with Crippen molar-refractivity contribution in [3.05, 3.63) is 29.3 Å². The van der Waals surface area contributed by atoms with Gasteiger partial charge in [-0.3, -0.25) is 0 Å². The monoisotopic (exact) mass is 268 g/mol. The second-order valence-electron chi connectivity index (χ2n) is 5.29. The summed E-state index contributed by atoms with van der Waals surface area (Å²) >= 11 is 0. The van der Waals surface area contributed by atoms with Crippen molar-refractivity contribution >= 4 is 15.7 Å². The number of rotatable bonds is 4. The number of fused-ring (bicyclic) bond motifs is 1. The molecule has 0 spiro atoms. The lowest BCUT2D eigenvalue weighted by Gasteiger charge is -2.16. The van der Waals surface area contributed by atoms with Crippen LogP contribution in [0.3, 0.4) is 0 Å². The Labute approximate surface area is 109 Å². The van der Waals surface area contributed by atoms with Crippen LogP contribution < -0.4 is 5.73 Å². The Morgan fingerprint density at radius 2 is 1.94 bits per heavy atom. The van der Waals surface area contributed by atoms with Crippen LogP contribution in [0.25, 0.3) is 0 Å². The highest BCUT2D eigenvalue weighted by Crippen LogP contribution is 2.27. The molecule has 2 rings (SSSR count). The molecule has 0 radical (unpaired) electrons. The number of hydrogen-bond donors (Lipinski definition) is 1. The van der Waals surface area contributed by atoms with Crippen molar-refractivity contribution in [2.75, 3.05) is 11.5 Å². The van der Waals surface area contributed by atoms with Crippen LogP contribution in [-0.4, -0.2) is 18.5 Å². The molecule has 0 atom stereocenters. The standard InChI is InChI=1S/C13H20N2O2S/c1-10(2)5-6-18(16,17)15-8-11-3-4-13(14)7-12(11)9-15/h3-4,7,10H,5-6,8-9,14H2,1-2H3. The first-order chi connectivity index (χ1) is 8.38. The predicted octanol–water partition coefficient (Wildman–Crippen LogP) is 1.96. The molecule has 0 saturated carbocycles. The molecule has 0 aliphatic carbocycles. The van der Waals surface area contributed by atoms with Crippen LogP contribution in [0.4, 0.5) is 5.69 Å². The third kappa shape index (κ3) is 2.84. The molecule has 1 aliphatic rings. The molecule has 0 aromatic heterocycles. The van der Waals surface area contributed by atoms with Crippen molar-refractivity contribution in [2.24, 2.45) is 5.92 Å². The first-order valence-corrected chi connectivity index (χ1v) is 7.84. The van der Waals surface area contributed by atoms with Crippen LogP contribution >= 0.6 is 0 Å². The summed E-state index contributed by atoms with van der Waals surface area (Å²) in [5.74, 6) is 0.633. The number of nitrogens with two attached hydrogens (primary N) is 1. The van der Waals surface area contributed by atoms with Crippen LogP contribution in [0.1, 0.15) is 31.4 Å². The van der Waals surface area contributed by atoms with Crippen molar-refractivity contribution in [3.63, 3.8) is 0 Å². The maximum Gasteiger partial charge on any atom is 0.214 e. The van der Waals surface area contributed by atoms with Gasteiger partial charge in [0.15, 0.2) is 0 Å². The summed E-state index contributed by atoms with van der Waals surface area (Å²) in [6.45, 7) is 5.01. The van der Waals surface area contributed by atoms with Gasteiger partial charge in [-0.1, -0.05) is 19.9 Å². The Balaban J connectivity index is 2.10. The van der Waals surface area contributed by atoms with Crippen molar-refractivity contribution < 1.29 is 8.42 Å². The van der Waals surface area contributed by atoms with Gasteiger partial charge in [-0.05, 0) is 35.6 Å². The highest BCUT2D eigenvalue weighted by Gasteiger charge is 2.28. The average Bonchev–Trinajstić information content (AvgIpc) is 2.70. The second-order valence-corrected chi connectivity index (χ2v) is 7.38. The number of anilines is 1. The second kappa shape index (κ2) is 4.90. The third-order valence-electron chi connectivity index (χ3n) is 3.27. The topological polar surface area (TPSA) is 63.4 Å². The maximum absolute atomic E-state index is 12.2. The summed E-state index contributed by atoms with van der Waals surface area (Å²) in [6.07, 6.45) is 0.706. The van der Waals surface area contributed by atoms with Crippen LogP contribution in [-0.2, 0) is 23.1 Å². The minimum atomic E-state index is -3.14. The zero-order valence-corrected chi connectivity index (χ0v) is 11.7. The molecule has 1 heterocycles. The highest BCUT2D eigenvalue weighted by molar-refractivity contribution is 7.89. The molecular formula is C13H20N2O2S. The van der Waals surface area contributed by atoms with Crippen LogP contribution in [0.5, 0.6) is 0 Å². The molecular weight excluding hydrogens is 248 g/mol. The van der Waals surface area contributed by atoms with Gasteiger partial charge in [-0.15, -0.1) is 0 Å². The van der Waals surface area contributed by atoms with Gasteiger partial charge in [0.05, 0.1) is 5.75 Å². The van der Waals surface area contributed by atoms with Crippen molar-refractivity contribution in [1.82, 2.24) is 4.31 Å². The van der Waals surface area contributed by atoms with Gasteiger partial charge in [0.1, 0.15) is 0 Å². The average molecular weight is 268 g/mol. The lowest BCUT2D eigenvalue weighted by molar-refractivity contribution is 0.427. The van der Waals surface area contributed by atoms with E-state index in [2.05, 4.69) is 0 Å². The van der Waals surface area contributed by atoms with Crippen LogP contribution in [0.2, 0.25) is 0 Å². The smallest absolute Gasteiger partial charge is 0.214 e. The van der Waals surface area contributed by atoms with Gasteiger partial charge in [0, 0.05) is 18.8 Å². The fraction of sp³-hybridized carbons (Fsp3) is 0.538. The van der Waals surface area contributed by atoms with Gasteiger partial charge in [0.2, 0.25) is 10.0 Å². The quantitative estimate of drug-likeness (QED) is 0.849. The SMILES string of the molecule is CC(C)CCS(=O)(=O)N1Cc2ccc(N)cc2C1. The Hall–Kier alpha value is -1.07. The molecule has 0 unspecified atom stereocenters. The number of benzene rings is 1. The summed E-state index contributed by atoms with van der Waals surface area (Å²) in [5.41, 5.74) is 8.50. The summed E-state index contributed by atoms with van der Waals surface area (Å²) in [6, 6.07) is 5.61. The van der Waals surface area contributed by atoms with Gasteiger partial charge >= 0.3 is 0 Å². The maximum atomic E-state index is 12.2. The number of sulfonamides is 1. The first-order valence-electron chi connectivity index (χ1n) is 6.23. The molecule has 5 heteroatoms. The number of nitrogen functional groups attached to an aromatic ring is 1. The lowest BCUT2D eigenvalue weighted by atomic mass is 10.1. The number of nitrogens with zero attached hydrogens (tertiary/aromatic N) is 1. The zero-order chi connectivity index (χ0) is 13.3. The molecule has 4 nitrogen and oxygen atoms in total. The molecule has 0 fully saturated rings. The van der Waals surface area contributed by atoms with E-state index < -0.39 is 10.0 Å². The highest BCUT2D eigenvalue weighted by atomic mass is 32.2. The molecule has 1 aliphatic heterocycles. The summed E-state index contributed by atoms with van der Waals surface area (Å²) in [5, 5.41) is 0. The lowest BCUT2D eigenvalue weighted by Crippen LogP contribution is -2.28. The molecule has 18 heavy (non-hydrogen) atoms. The molecule has 2 N–H and O–H groups in total. The van der Waals surface area contributed by atoms with Gasteiger partial charge < -0.3 is 5.73 Å². The van der Waals surface area contributed by atoms with E-state index >= 15 is 0 Å². The fourth-order valence-corrected chi connectivity index (χ4v) is 3.79. The minimum Gasteiger partial charge on any atom is -0.399 e.